The van der Waals surface area contributed by atoms with Crippen molar-refractivity contribution in [2.45, 2.75) is 19.3 Å². The molecule has 2 N–H and O–H groups in total. The van der Waals surface area contributed by atoms with Crippen molar-refractivity contribution in [3.63, 3.8) is 0 Å². The maximum absolute atomic E-state index is 12.2. The van der Waals surface area contributed by atoms with E-state index in [1.54, 1.807) is 0 Å². The van der Waals surface area contributed by atoms with Crippen molar-refractivity contribution in [3.8, 4) is 0 Å². The number of hydrogen-bond acceptors (Lipinski definition) is 2. The Kier molecular flexibility index (Phi) is 7.29. The Labute approximate surface area is 194 Å². The second kappa shape index (κ2) is 10.9. The van der Waals surface area contributed by atoms with E-state index >= 15 is 0 Å². The van der Waals surface area contributed by atoms with Crippen LogP contribution in [-0.4, -0.2) is 11.8 Å². The van der Waals surface area contributed by atoms with E-state index in [1.165, 1.54) is 0 Å². The molecule has 4 heteroatoms. The summed E-state index contributed by atoms with van der Waals surface area (Å²) in [5, 5.41) is 5.89. The zero-order chi connectivity index (χ0) is 22.9. The quantitative estimate of drug-likeness (QED) is 0.377. The molecule has 0 saturated heterocycles. The molecule has 0 heterocycles. The highest BCUT2D eigenvalue weighted by Gasteiger charge is 2.06. The van der Waals surface area contributed by atoms with Crippen LogP contribution in [0.2, 0.25) is 0 Å². The van der Waals surface area contributed by atoms with Crippen molar-refractivity contribution in [1.29, 1.82) is 0 Å². The van der Waals surface area contributed by atoms with Crippen LogP contribution >= 0.6 is 0 Å². The van der Waals surface area contributed by atoms with Gasteiger partial charge in [-0.2, -0.15) is 0 Å². The van der Waals surface area contributed by atoms with Crippen molar-refractivity contribution in [1.82, 2.24) is 0 Å². The van der Waals surface area contributed by atoms with Crippen LogP contribution in [0.1, 0.15) is 22.3 Å². The van der Waals surface area contributed by atoms with Gasteiger partial charge >= 0.3 is 0 Å². The summed E-state index contributed by atoms with van der Waals surface area (Å²) in [6.07, 6.45) is 1.49. The van der Waals surface area contributed by atoms with Crippen molar-refractivity contribution >= 4 is 23.2 Å². The van der Waals surface area contributed by atoms with Crippen LogP contribution in [0, 0.1) is 0 Å². The molecule has 2 amide bonds. The zero-order valence-electron chi connectivity index (χ0n) is 18.3. The van der Waals surface area contributed by atoms with Crippen molar-refractivity contribution in [3.05, 3.63) is 131 Å². The number of anilines is 2. The summed E-state index contributed by atoms with van der Waals surface area (Å²) >= 11 is 0. The average Bonchev–Trinajstić information content (AvgIpc) is 2.83. The Morgan fingerprint density at radius 3 is 1.18 bits per heavy atom. The van der Waals surface area contributed by atoms with Crippen LogP contribution in [0.25, 0.3) is 0 Å². The number of carbonyl (C=O) groups is 2. The predicted molar refractivity (Wildman–Crippen MR) is 133 cm³/mol. The number of hydrogen-bond donors (Lipinski definition) is 2. The number of nitrogens with one attached hydrogen (secondary N) is 2. The van der Waals surface area contributed by atoms with Crippen LogP contribution in [0.5, 0.6) is 0 Å². The molecule has 0 radical (unpaired) electrons. The standard InChI is InChI=1S/C29H26N2O2/c32-28(20-22-7-3-1-4-8-22)30-26-15-11-24(12-16-26)19-25-13-17-27(18-14-25)31-29(33)21-23-9-5-2-6-10-23/h1-18H,19-21H2,(H,30,32)(H,31,33). The Hall–Kier alpha value is -4.18. The summed E-state index contributed by atoms with van der Waals surface area (Å²) in [4.78, 5) is 24.5. The third kappa shape index (κ3) is 6.91. The minimum absolute atomic E-state index is 0.0288. The van der Waals surface area contributed by atoms with Crippen LogP contribution in [0.15, 0.2) is 109 Å². The predicted octanol–water partition coefficient (Wildman–Crippen LogP) is 5.64. The highest BCUT2D eigenvalue weighted by Crippen LogP contribution is 2.17. The molecule has 33 heavy (non-hydrogen) atoms. The molecule has 0 unspecified atom stereocenters. The molecule has 4 nitrogen and oxygen atoms in total. The minimum Gasteiger partial charge on any atom is -0.326 e. The molecule has 0 spiro atoms. The van der Waals surface area contributed by atoms with Crippen LogP contribution in [0.4, 0.5) is 11.4 Å². The second-order valence-corrected chi connectivity index (χ2v) is 7.99. The Bertz CT molecular complexity index is 1090. The molecule has 4 aromatic carbocycles. The molecule has 4 aromatic rings. The first-order valence-corrected chi connectivity index (χ1v) is 11.0. The van der Waals surface area contributed by atoms with Crippen molar-refractivity contribution < 1.29 is 9.59 Å². The van der Waals surface area contributed by atoms with Crippen LogP contribution in [0.3, 0.4) is 0 Å². The fourth-order valence-corrected chi connectivity index (χ4v) is 3.62. The summed E-state index contributed by atoms with van der Waals surface area (Å²) in [6, 6.07) is 35.2. The van der Waals surface area contributed by atoms with Gasteiger partial charge in [0.25, 0.3) is 0 Å². The molecular weight excluding hydrogens is 408 g/mol. The van der Waals surface area contributed by atoms with Gasteiger partial charge in [-0.25, -0.2) is 0 Å². The van der Waals surface area contributed by atoms with E-state index in [2.05, 4.69) is 10.6 Å². The summed E-state index contributed by atoms with van der Waals surface area (Å²) in [5.41, 5.74) is 5.86. The van der Waals surface area contributed by atoms with E-state index in [-0.39, 0.29) is 11.8 Å². The molecule has 0 fully saturated rings. The van der Waals surface area contributed by atoms with E-state index in [1.807, 2.05) is 109 Å². The molecular formula is C29H26N2O2. The number of amides is 2. The normalized spacial score (nSPS) is 10.4. The van der Waals surface area contributed by atoms with E-state index in [4.69, 9.17) is 0 Å². The van der Waals surface area contributed by atoms with Gasteiger partial charge in [0.2, 0.25) is 11.8 Å². The highest BCUT2D eigenvalue weighted by atomic mass is 16.2. The molecule has 164 valence electrons. The van der Waals surface area contributed by atoms with E-state index in [9.17, 15) is 9.59 Å². The first-order chi connectivity index (χ1) is 16.1. The first kappa shape index (κ1) is 22.0. The lowest BCUT2D eigenvalue weighted by Crippen LogP contribution is -2.14. The SMILES string of the molecule is O=C(Cc1ccccc1)Nc1ccc(Cc2ccc(NC(=O)Cc3ccccc3)cc2)cc1. The summed E-state index contributed by atoms with van der Waals surface area (Å²) in [6.45, 7) is 0. The Morgan fingerprint density at radius 2 is 0.818 bits per heavy atom. The summed E-state index contributed by atoms with van der Waals surface area (Å²) < 4.78 is 0. The van der Waals surface area contributed by atoms with Gasteiger partial charge in [0.05, 0.1) is 12.8 Å². The molecule has 0 saturated carbocycles. The number of carbonyl (C=O) groups excluding carboxylic acids is 2. The molecule has 0 atom stereocenters. The van der Waals surface area contributed by atoms with Gasteiger partial charge < -0.3 is 10.6 Å². The first-order valence-electron chi connectivity index (χ1n) is 11.0. The fraction of sp³-hybridized carbons (Fsp3) is 0.103. The highest BCUT2D eigenvalue weighted by molar-refractivity contribution is 5.92. The molecule has 0 aliphatic rings. The average molecular weight is 435 g/mol. The third-order valence-corrected chi connectivity index (χ3v) is 5.30. The van der Waals surface area contributed by atoms with Gasteiger partial charge in [0.15, 0.2) is 0 Å². The van der Waals surface area contributed by atoms with Gasteiger partial charge in [-0.15, -0.1) is 0 Å². The van der Waals surface area contributed by atoms with Gasteiger partial charge in [-0.05, 0) is 52.9 Å². The summed E-state index contributed by atoms with van der Waals surface area (Å²) in [5.74, 6) is -0.0577. The maximum Gasteiger partial charge on any atom is 0.228 e. The summed E-state index contributed by atoms with van der Waals surface area (Å²) in [7, 11) is 0. The van der Waals surface area contributed by atoms with Gasteiger partial charge in [-0.3, -0.25) is 9.59 Å². The minimum atomic E-state index is -0.0288. The molecule has 0 aromatic heterocycles. The van der Waals surface area contributed by atoms with E-state index < -0.39 is 0 Å². The maximum atomic E-state index is 12.2. The zero-order valence-corrected chi connectivity index (χ0v) is 18.3. The van der Waals surface area contributed by atoms with Gasteiger partial charge in [0.1, 0.15) is 0 Å². The Balaban J connectivity index is 1.27. The van der Waals surface area contributed by atoms with E-state index in [0.717, 1.165) is 40.0 Å². The van der Waals surface area contributed by atoms with Crippen molar-refractivity contribution in [2.75, 3.05) is 10.6 Å². The third-order valence-electron chi connectivity index (χ3n) is 5.30. The smallest absolute Gasteiger partial charge is 0.228 e. The Morgan fingerprint density at radius 1 is 0.455 bits per heavy atom. The molecule has 4 rings (SSSR count). The number of rotatable bonds is 8. The largest absolute Gasteiger partial charge is 0.326 e. The fourth-order valence-electron chi connectivity index (χ4n) is 3.62. The topological polar surface area (TPSA) is 58.2 Å². The van der Waals surface area contributed by atoms with Crippen LogP contribution in [-0.2, 0) is 28.9 Å². The molecule has 0 aliphatic heterocycles. The molecule has 0 aliphatic carbocycles. The number of benzene rings is 4. The monoisotopic (exact) mass is 434 g/mol. The van der Waals surface area contributed by atoms with Gasteiger partial charge in [-0.1, -0.05) is 84.9 Å². The lowest BCUT2D eigenvalue weighted by Gasteiger charge is -2.09. The van der Waals surface area contributed by atoms with Crippen molar-refractivity contribution in [2.24, 2.45) is 0 Å². The lowest BCUT2D eigenvalue weighted by molar-refractivity contribution is -0.116. The van der Waals surface area contributed by atoms with Gasteiger partial charge in [0, 0.05) is 11.4 Å². The van der Waals surface area contributed by atoms with E-state index in [0.29, 0.717) is 12.8 Å². The van der Waals surface area contributed by atoms with Crippen LogP contribution < -0.4 is 10.6 Å². The molecule has 0 bridgehead atoms. The lowest BCUT2D eigenvalue weighted by atomic mass is 10.0. The second-order valence-electron chi connectivity index (χ2n) is 7.99.